The van der Waals surface area contributed by atoms with E-state index in [1.54, 1.807) is 13.0 Å². The molecule has 0 saturated carbocycles. The van der Waals surface area contributed by atoms with Crippen LogP contribution in [0.25, 0.3) is 17.1 Å². The first-order valence-corrected chi connectivity index (χ1v) is 15.0. The Labute approximate surface area is 256 Å². The molecule has 2 aromatic heterocycles. The van der Waals surface area contributed by atoms with Crippen molar-refractivity contribution >= 4 is 11.9 Å². The van der Waals surface area contributed by atoms with E-state index in [-0.39, 0.29) is 17.4 Å². The van der Waals surface area contributed by atoms with Gasteiger partial charge in [0.05, 0.1) is 18.5 Å². The predicted octanol–water partition coefficient (Wildman–Crippen LogP) is 4.76. The number of ether oxygens (including phenoxy) is 2. The fourth-order valence-corrected chi connectivity index (χ4v) is 6.17. The van der Waals surface area contributed by atoms with Crippen molar-refractivity contribution in [2.75, 3.05) is 33.3 Å². The van der Waals surface area contributed by atoms with Crippen LogP contribution in [0.2, 0.25) is 0 Å². The second-order valence-electron chi connectivity index (χ2n) is 11.6. The summed E-state index contributed by atoms with van der Waals surface area (Å²) in [6.45, 7) is 8.22. The SMILES string of the molecule is CCOc1c(C(=O)O)cnn1-c1cccc(-c2cccc(C)c2OCc2ccc3c(c2)CCN(CC2CC(=O)N(C)C2)C3)n1. The van der Waals surface area contributed by atoms with Crippen LogP contribution in [0.15, 0.2) is 60.8 Å². The third-order valence-electron chi connectivity index (χ3n) is 8.36. The molecule has 0 spiro atoms. The molecule has 10 heteroatoms. The van der Waals surface area contributed by atoms with Crippen molar-refractivity contribution in [2.45, 2.75) is 39.8 Å². The maximum absolute atomic E-state index is 11.9. The highest BCUT2D eigenvalue weighted by atomic mass is 16.5. The molecule has 1 fully saturated rings. The molecule has 44 heavy (non-hydrogen) atoms. The summed E-state index contributed by atoms with van der Waals surface area (Å²) in [6.07, 6.45) is 2.91. The van der Waals surface area contributed by atoms with Crippen LogP contribution in [-0.2, 0) is 24.4 Å². The average Bonchev–Trinajstić information content (AvgIpc) is 3.58. The number of aromatic carboxylic acids is 1. The molecule has 2 aliphatic rings. The summed E-state index contributed by atoms with van der Waals surface area (Å²) < 4.78 is 13.5. The second kappa shape index (κ2) is 12.5. The maximum atomic E-state index is 11.9. The first kappa shape index (κ1) is 29.4. The lowest BCUT2D eigenvalue weighted by Crippen LogP contribution is -2.35. The number of carbonyl (C=O) groups excluding carboxylic acids is 1. The Bertz CT molecular complexity index is 1700. The van der Waals surface area contributed by atoms with Crippen LogP contribution in [0.4, 0.5) is 0 Å². The molecule has 1 atom stereocenters. The molecule has 1 unspecified atom stereocenters. The normalized spacial score (nSPS) is 16.7. The number of aromatic nitrogens is 3. The Morgan fingerprint density at radius 3 is 2.70 bits per heavy atom. The zero-order chi connectivity index (χ0) is 30.8. The maximum Gasteiger partial charge on any atom is 0.342 e. The zero-order valence-corrected chi connectivity index (χ0v) is 25.3. The number of pyridine rings is 1. The van der Waals surface area contributed by atoms with E-state index in [0.29, 0.717) is 37.1 Å². The minimum atomic E-state index is -1.11. The van der Waals surface area contributed by atoms with Crippen LogP contribution in [0.3, 0.4) is 0 Å². The molecule has 6 rings (SSSR count). The van der Waals surface area contributed by atoms with Crippen LogP contribution < -0.4 is 9.47 Å². The minimum absolute atomic E-state index is 0.0190. The highest BCUT2D eigenvalue weighted by Crippen LogP contribution is 2.34. The smallest absolute Gasteiger partial charge is 0.342 e. The monoisotopic (exact) mass is 595 g/mol. The number of carboxylic acid groups (broad SMARTS) is 1. The number of aryl methyl sites for hydroxylation is 1. The van der Waals surface area contributed by atoms with Crippen LogP contribution in [0.1, 0.15) is 46.0 Å². The van der Waals surface area contributed by atoms with Gasteiger partial charge in [0.2, 0.25) is 11.8 Å². The van der Waals surface area contributed by atoms with Crippen molar-refractivity contribution in [1.82, 2.24) is 24.6 Å². The number of nitrogens with zero attached hydrogens (tertiary/aromatic N) is 5. The molecule has 0 aliphatic carbocycles. The number of carbonyl (C=O) groups is 2. The highest BCUT2D eigenvalue weighted by Gasteiger charge is 2.29. The van der Waals surface area contributed by atoms with Gasteiger partial charge < -0.3 is 19.5 Å². The number of hydrogen-bond donors (Lipinski definition) is 1. The Hall–Kier alpha value is -4.70. The molecule has 1 amide bonds. The van der Waals surface area contributed by atoms with Gasteiger partial charge in [0.1, 0.15) is 17.9 Å². The number of fused-ring (bicyclic) bond motifs is 1. The topological polar surface area (TPSA) is 110 Å². The van der Waals surface area contributed by atoms with Gasteiger partial charge in [0, 0.05) is 45.2 Å². The van der Waals surface area contributed by atoms with Crippen LogP contribution in [-0.4, -0.2) is 74.8 Å². The Kier molecular flexibility index (Phi) is 8.34. The van der Waals surface area contributed by atoms with Crippen molar-refractivity contribution in [3.05, 3.63) is 88.6 Å². The summed E-state index contributed by atoms with van der Waals surface area (Å²) in [7, 11) is 1.89. The molecule has 2 aromatic carbocycles. The lowest BCUT2D eigenvalue weighted by Gasteiger charge is -2.31. The Balaban J connectivity index is 1.18. The molecular formula is C34H37N5O5. The van der Waals surface area contributed by atoms with Gasteiger partial charge in [-0.1, -0.05) is 36.4 Å². The number of likely N-dealkylation sites (tertiary alicyclic amines) is 1. The molecule has 0 bridgehead atoms. The number of rotatable bonds is 10. The number of para-hydroxylation sites is 1. The fourth-order valence-electron chi connectivity index (χ4n) is 6.17. The summed E-state index contributed by atoms with van der Waals surface area (Å²) in [6, 6.07) is 18.1. The molecule has 1 N–H and O–H groups in total. The van der Waals surface area contributed by atoms with Crippen LogP contribution in [0.5, 0.6) is 11.6 Å². The van der Waals surface area contributed by atoms with Gasteiger partial charge >= 0.3 is 5.97 Å². The number of hydrogen-bond acceptors (Lipinski definition) is 7. The first-order chi connectivity index (χ1) is 21.3. The molecular weight excluding hydrogens is 558 g/mol. The van der Waals surface area contributed by atoms with Gasteiger partial charge in [-0.25, -0.2) is 9.78 Å². The molecule has 4 heterocycles. The largest absolute Gasteiger partial charge is 0.488 e. The van der Waals surface area contributed by atoms with Gasteiger partial charge in [0.25, 0.3) is 0 Å². The Morgan fingerprint density at radius 2 is 1.93 bits per heavy atom. The third-order valence-corrected chi connectivity index (χ3v) is 8.36. The van der Waals surface area contributed by atoms with E-state index in [4.69, 9.17) is 14.5 Å². The quantitative estimate of drug-likeness (QED) is 0.280. The van der Waals surface area contributed by atoms with E-state index in [0.717, 1.165) is 55.0 Å². The predicted molar refractivity (Wildman–Crippen MR) is 165 cm³/mol. The van der Waals surface area contributed by atoms with E-state index < -0.39 is 5.97 Å². The van der Waals surface area contributed by atoms with E-state index in [1.807, 2.05) is 49.2 Å². The lowest BCUT2D eigenvalue weighted by atomic mass is 9.96. The number of carboxylic acids is 1. The minimum Gasteiger partial charge on any atom is -0.488 e. The van der Waals surface area contributed by atoms with Crippen molar-refractivity contribution in [3.8, 4) is 28.7 Å². The van der Waals surface area contributed by atoms with Gasteiger partial charge in [-0.3, -0.25) is 9.69 Å². The van der Waals surface area contributed by atoms with Crippen LogP contribution >= 0.6 is 0 Å². The Morgan fingerprint density at radius 1 is 1.09 bits per heavy atom. The lowest BCUT2D eigenvalue weighted by molar-refractivity contribution is -0.126. The molecule has 10 nitrogen and oxygen atoms in total. The number of benzene rings is 2. The first-order valence-electron chi connectivity index (χ1n) is 15.0. The summed E-state index contributed by atoms with van der Waals surface area (Å²) >= 11 is 0. The highest BCUT2D eigenvalue weighted by molar-refractivity contribution is 5.90. The average molecular weight is 596 g/mol. The van der Waals surface area contributed by atoms with Crippen molar-refractivity contribution in [2.24, 2.45) is 5.92 Å². The molecule has 1 saturated heterocycles. The van der Waals surface area contributed by atoms with E-state index in [9.17, 15) is 14.7 Å². The van der Waals surface area contributed by atoms with Gasteiger partial charge in [-0.05, 0) is 66.6 Å². The molecule has 4 aromatic rings. The zero-order valence-electron chi connectivity index (χ0n) is 25.3. The summed E-state index contributed by atoms with van der Waals surface area (Å²) in [5.41, 5.74) is 6.28. The van der Waals surface area contributed by atoms with Crippen molar-refractivity contribution in [1.29, 1.82) is 0 Å². The van der Waals surface area contributed by atoms with Crippen LogP contribution in [0, 0.1) is 12.8 Å². The second-order valence-corrected chi connectivity index (χ2v) is 11.6. The molecule has 228 valence electrons. The summed E-state index contributed by atoms with van der Waals surface area (Å²) in [5, 5.41) is 13.8. The van der Waals surface area contributed by atoms with E-state index in [2.05, 4.69) is 28.2 Å². The van der Waals surface area contributed by atoms with Crippen molar-refractivity contribution < 1.29 is 24.2 Å². The summed E-state index contributed by atoms with van der Waals surface area (Å²) in [4.78, 5) is 32.8. The van der Waals surface area contributed by atoms with E-state index >= 15 is 0 Å². The molecule has 2 aliphatic heterocycles. The third kappa shape index (κ3) is 6.03. The van der Waals surface area contributed by atoms with Gasteiger partial charge in [-0.2, -0.15) is 9.78 Å². The van der Waals surface area contributed by atoms with Gasteiger partial charge in [0.15, 0.2) is 5.82 Å². The van der Waals surface area contributed by atoms with Gasteiger partial charge in [-0.15, -0.1) is 0 Å². The standard InChI is InChI=1S/C34H37N5O5/c1-4-43-33-28(34(41)42)17-35-39(33)30-10-6-9-29(36-30)27-8-5-7-22(2)32(27)44-21-23-11-12-26-20-38(14-13-25(26)15-23)19-24-16-31(40)37(3)18-24/h5-12,15,17,24H,4,13-14,16,18-21H2,1-3H3,(H,41,42). The molecule has 0 radical (unpaired) electrons. The van der Waals surface area contributed by atoms with E-state index in [1.165, 1.54) is 22.0 Å². The van der Waals surface area contributed by atoms with Crippen molar-refractivity contribution in [3.63, 3.8) is 0 Å². The fraction of sp³-hybridized carbons (Fsp3) is 0.353. The number of amides is 1. The summed E-state index contributed by atoms with van der Waals surface area (Å²) in [5.74, 6) is 0.880.